The second kappa shape index (κ2) is 5.34. The van der Waals surface area contributed by atoms with E-state index in [2.05, 4.69) is 38.5 Å². The van der Waals surface area contributed by atoms with Gasteiger partial charge in [-0.05, 0) is 30.3 Å². The highest BCUT2D eigenvalue weighted by atomic mass is 79.9. The molecule has 1 aromatic heterocycles. The van der Waals surface area contributed by atoms with Crippen LogP contribution in [0.2, 0.25) is 0 Å². The van der Waals surface area contributed by atoms with Gasteiger partial charge in [-0.1, -0.05) is 33.8 Å². The Morgan fingerprint density at radius 2 is 2.00 bits per heavy atom. The van der Waals surface area contributed by atoms with Crippen LogP contribution in [0.3, 0.4) is 0 Å². The van der Waals surface area contributed by atoms with Crippen molar-refractivity contribution in [1.82, 2.24) is 4.98 Å². The average molecular weight is 296 g/mol. The average Bonchev–Trinajstić information content (AvgIpc) is 2.29. The van der Waals surface area contributed by atoms with Gasteiger partial charge in [0.1, 0.15) is 5.82 Å². The fourth-order valence-electron chi connectivity index (χ4n) is 1.22. The maximum atomic E-state index is 5.31. The van der Waals surface area contributed by atoms with Gasteiger partial charge in [0.05, 0.1) is 0 Å². The molecule has 0 radical (unpaired) electrons. The predicted octanol–water partition coefficient (Wildman–Crippen LogP) is 3.28. The number of hydrazine groups is 1. The zero-order valence-corrected chi connectivity index (χ0v) is 10.8. The Bertz CT molecular complexity index is 490. The Morgan fingerprint density at radius 3 is 2.75 bits per heavy atom. The molecule has 0 saturated heterocycles. The van der Waals surface area contributed by atoms with Crippen molar-refractivity contribution in [2.75, 3.05) is 5.43 Å². The Hall–Kier alpha value is -1.04. The van der Waals surface area contributed by atoms with Crippen molar-refractivity contribution < 1.29 is 0 Å². The lowest BCUT2D eigenvalue weighted by atomic mass is 10.4. The van der Waals surface area contributed by atoms with Crippen molar-refractivity contribution in [3.05, 3.63) is 47.1 Å². The molecule has 0 saturated carbocycles. The Morgan fingerprint density at radius 1 is 1.19 bits per heavy atom. The van der Waals surface area contributed by atoms with Crippen LogP contribution in [-0.2, 0) is 0 Å². The maximum Gasteiger partial charge on any atom is 0.140 e. The molecular formula is C11H10BrN3S. The molecule has 1 heterocycles. The normalized spacial score (nSPS) is 10.1. The topological polar surface area (TPSA) is 50.9 Å². The first-order chi connectivity index (χ1) is 7.78. The summed E-state index contributed by atoms with van der Waals surface area (Å²) in [6, 6.07) is 12.0. The number of hydrogen-bond donors (Lipinski definition) is 2. The molecule has 0 aliphatic heterocycles. The first-order valence-corrected chi connectivity index (χ1v) is 6.25. The largest absolute Gasteiger partial charge is 0.308 e. The van der Waals surface area contributed by atoms with Crippen LogP contribution in [0.5, 0.6) is 0 Å². The lowest BCUT2D eigenvalue weighted by molar-refractivity contribution is 1.19. The summed E-state index contributed by atoms with van der Waals surface area (Å²) in [6.45, 7) is 0. The summed E-state index contributed by atoms with van der Waals surface area (Å²) in [6.07, 6.45) is 1.73. The number of pyridine rings is 1. The SMILES string of the molecule is NNc1cc(Sc2cccc(Br)c2)ccn1. The molecule has 82 valence electrons. The van der Waals surface area contributed by atoms with Gasteiger partial charge < -0.3 is 5.43 Å². The smallest absolute Gasteiger partial charge is 0.140 e. The van der Waals surface area contributed by atoms with E-state index in [4.69, 9.17) is 5.84 Å². The van der Waals surface area contributed by atoms with Gasteiger partial charge in [0.25, 0.3) is 0 Å². The molecule has 5 heteroatoms. The molecule has 0 amide bonds. The number of anilines is 1. The molecule has 2 rings (SSSR count). The summed E-state index contributed by atoms with van der Waals surface area (Å²) >= 11 is 5.11. The van der Waals surface area contributed by atoms with Crippen molar-refractivity contribution in [1.29, 1.82) is 0 Å². The third-order valence-electron chi connectivity index (χ3n) is 1.91. The number of hydrogen-bond acceptors (Lipinski definition) is 4. The van der Waals surface area contributed by atoms with Crippen molar-refractivity contribution in [3.63, 3.8) is 0 Å². The number of nitrogens with two attached hydrogens (primary N) is 1. The van der Waals surface area contributed by atoms with Gasteiger partial charge in [-0.3, -0.25) is 0 Å². The van der Waals surface area contributed by atoms with Gasteiger partial charge in [-0.2, -0.15) is 0 Å². The van der Waals surface area contributed by atoms with E-state index >= 15 is 0 Å². The highest BCUT2D eigenvalue weighted by Gasteiger charge is 1.99. The Kier molecular flexibility index (Phi) is 3.82. The predicted molar refractivity (Wildman–Crippen MR) is 70.3 cm³/mol. The van der Waals surface area contributed by atoms with Gasteiger partial charge in [0.15, 0.2) is 0 Å². The van der Waals surface area contributed by atoms with Crippen molar-refractivity contribution in [3.8, 4) is 0 Å². The van der Waals surface area contributed by atoms with E-state index in [1.807, 2.05) is 24.3 Å². The molecule has 0 aliphatic carbocycles. The maximum absolute atomic E-state index is 5.31. The quantitative estimate of drug-likeness (QED) is 0.674. The van der Waals surface area contributed by atoms with Crippen LogP contribution in [-0.4, -0.2) is 4.98 Å². The van der Waals surface area contributed by atoms with E-state index in [9.17, 15) is 0 Å². The molecule has 2 aromatic rings. The molecular weight excluding hydrogens is 286 g/mol. The summed E-state index contributed by atoms with van der Waals surface area (Å²) in [5.74, 6) is 5.97. The highest BCUT2D eigenvalue weighted by molar-refractivity contribution is 9.10. The molecule has 0 spiro atoms. The van der Waals surface area contributed by atoms with E-state index in [0.717, 1.165) is 9.37 Å². The minimum atomic E-state index is 0.667. The first-order valence-electron chi connectivity index (χ1n) is 4.64. The van der Waals surface area contributed by atoms with Gasteiger partial charge in [-0.15, -0.1) is 0 Å². The third kappa shape index (κ3) is 2.98. The van der Waals surface area contributed by atoms with Crippen molar-refractivity contribution in [2.45, 2.75) is 9.79 Å². The monoisotopic (exact) mass is 295 g/mol. The van der Waals surface area contributed by atoms with Crippen LogP contribution in [0.25, 0.3) is 0 Å². The minimum absolute atomic E-state index is 0.667. The minimum Gasteiger partial charge on any atom is -0.308 e. The number of aromatic nitrogens is 1. The molecule has 0 bridgehead atoms. The van der Waals surface area contributed by atoms with E-state index in [-0.39, 0.29) is 0 Å². The van der Waals surface area contributed by atoms with Gasteiger partial charge in [-0.25, -0.2) is 10.8 Å². The molecule has 16 heavy (non-hydrogen) atoms. The fourth-order valence-corrected chi connectivity index (χ4v) is 2.68. The van der Waals surface area contributed by atoms with E-state index in [0.29, 0.717) is 5.82 Å². The fraction of sp³-hybridized carbons (Fsp3) is 0. The summed E-state index contributed by atoms with van der Waals surface area (Å²) in [4.78, 5) is 6.33. The molecule has 0 atom stereocenters. The summed E-state index contributed by atoms with van der Waals surface area (Å²) < 4.78 is 1.07. The van der Waals surface area contributed by atoms with Crippen LogP contribution in [0.1, 0.15) is 0 Å². The molecule has 3 N–H and O–H groups in total. The van der Waals surface area contributed by atoms with Crippen LogP contribution < -0.4 is 11.3 Å². The number of nitrogens with zero attached hydrogens (tertiary/aromatic N) is 1. The first kappa shape index (κ1) is 11.4. The number of benzene rings is 1. The molecule has 0 fully saturated rings. The van der Waals surface area contributed by atoms with E-state index in [1.54, 1.807) is 18.0 Å². The third-order valence-corrected chi connectivity index (χ3v) is 3.38. The number of halogens is 1. The molecule has 0 aliphatic rings. The van der Waals surface area contributed by atoms with Crippen LogP contribution in [0, 0.1) is 0 Å². The van der Waals surface area contributed by atoms with Crippen molar-refractivity contribution >= 4 is 33.5 Å². The number of rotatable bonds is 3. The summed E-state index contributed by atoms with van der Waals surface area (Å²) in [5.41, 5.74) is 2.53. The lowest BCUT2D eigenvalue weighted by Crippen LogP contribution is -2.07. The number of nitrogen functional groups attached to an aromatic ring is 1. The second-order valence-electron chi connectivity index (χ2n) is 3.08. The summed E-state index contributed by atoms with van der Waals surface area (Å²) in [5, 5.41) is 0. The van der Waals surface area contributed by atoms with Gasteiger partial charge in [0.2, 0.25) is 0 Å². The zero-order valence-electron chi connectivity index (χ0n) is 8.35. The highest BCUT2D eigenvalue weighted by Crippen LogP contribution is 2.29. The summed E-state index contributed by atoms with van der Waals surface area (Å²) in [7, 11) is 0. The van der Waals surface area contributed by atoms with Crippen LogP contribution in [0.4, 0.5) is 5.82 Å². The lowest BCUT2D eigenvalue weighted by Gasteiger charge is -2.04. The van der Waals surface area contributed by atoms with Crippen LogP contribution in [0.15, 0.2) is 56.9 Å². The molecule has 3 nitrogen and oxygen atoms in total. The van der Waals surface area contributed by atoms with E-state index in [1.165, 1.54) is 4.90 Å². The van der Waals surface area contributed by atoms with Crippen molar-refractivity contribution in [2.24, 2.45) is 5.84 Å². The molecule has 0 unspecified atom stereocenters. The standard InChI is InChI=1S/C11H10BrN3S/c12-8-2-1-3-9(6-8)16-10-4-5-14-11(7-10)15-13/h1-7H,13H2,(H,14,15). The van der Waals surface area contributed by atoms with Gasteiger partial charge in [0, 0.05) is 20.5 Å². The zero-order chi connectivity index (χ0) is 11.4. The van der Waals surface area contributed by atoms with Gasteiger partial charge >= 0.3 is 0 Å². The number of nitrogens with one attached hydrogen (secondary N) is 1. The van der Waals surface area contributed by atoms with E-state index < -0.39 is 0 Å². The molecule has 1 aromatic carbocycles. The second-order valence-corrected chi connectivity index (χ2v) is 5.14. The Balaban J connectivity index is 2.20. The van der Waals surface area contributed by atoms with Crippen LogP contribution >= 0.6 is 27.7 Å². The Labute approximate surface area is 107 Å².